The van der Waals surface area contributed by atoms with Gasteiger partial charge in [-0.3, -0.25) is 9.59 Å². The number of amides is 1. The lowest BCUT2D eigenvalue weighted by atomic mass is 9.98. The fourth-order valence-electron chi connectivity index (χ4n) is 3.29. The SMILES string of the molecule is O=C1CC[C@H](/C=C(\c2ccc(F)cc2)c2ccc(C3CC3)c(=O)[nH]2)N1. The second-order valence-corrected chi connectivity index (χ2v) is 6.73. The van der Waals surface area contributed by atoms with E-state index < -0.39 is 0 Å². The van der Waals surface area contributed by atoms with Crippen LogP contribution >= 0.6 is 0 Å². The van der Waals surface area contributed by atoms with Crippen molar-refractivity contribution < 1.29 is 9.18 Å². The zero-order chi connectivity index (χ0) is 17.4. The Balaban J connectivity index is 1.75. The van der Waals surface area contributed by atoms with Gasteiger partial charge in [0.1, 0.15) is 5.82 Å². The molecule has 25 heavy (non-hydrogen) atoms. The van der Waals surface area contributed by atoms with E-state index in [4.69, 9.17) is 0 Å². The van der Waals surface area contributed by atoms with Crippen LogP contribution in [-0.4, -0.2) is 16.9 Å². The van der Waals surface area contributed by atoms with Gasteiger partial charge in [0, 0.05) is 29.3 Å². The molecule has 1 saturated carbocycles. The minimum Gasteiger partial charge on any atom is -0.350 e. The normalized spacial score (nSPS) is 20.6. The number of hydrogen-bond acceptors (Lipinski definition) is 2. The average Bonchev–Trinajstić information content (AvgIpc) is 3.35. The van der Waals surface area contributed by atoms with Gasteiger partial charge in [-0.25, -0.2) is 4.39 Å². The van der Waals surface area contributed by atoms with Gasteiger partial charge in [0.15, 0.2) is 0 Å². The summed E-state index contributed by atoms with van der Waals surface area (Å²) in [6.07, 6.45) is 5.29. The number of aromatic amines is 1. The molecule has 2 aliphatic rings. The Bertz CT molecular complexity index is 895. The molecule has 0 bridgehead atoms. The van der Waals surface area contributed by atoms with Crippen LogP contribution in [0.15, 0.2) is 47.3 Å². The fourth-order valence-corrected chi connectivity index (χ4v) is 3.29. The number of pyridine rings is 1. The molecule has 0 unspecified atom stereocenters. The standard InChI is InChI=1S/C20H19FN2O2/c21-14-5-3-13(4-6-14)17(11-15-7-10-19(24)22-15)18-9-8-16(12-1-2-12)20(25)23-18/h3-6,8-9,11-12,15H,1-2,7,10H2,(H,22,24)(H,23,25)/b17-11+/t15-/m1/s1. The van der Waals surface area contributed by atoms with E-state index in [9.17, 15) is 14.0 Å². The highest BCUT2D eigenvalue weighted by atomic mass is 19.1. The monoisotopic (exact) mass is 338 g/mol. The molecular formula is C20H19FN2O2. The number of carbonyl (C=O) groups is 1. The zero-order valence-corrected chi connectivity index (χ0v) is 13.7. The Morgan fingerprint density at radius 2 is 1.80 bits per heavy atom. The maximum absolute atomic E-state index is 13.3. The second-order valence-electron chi connectivity index (χ2n) is 6.73. The summed E-state index contributed by atoms with van der Waals surface area (Å²) in [7, 11) is 0. The van der Waals surface area contributed by atoms with Gasteiger partial charge in [-0.05, 0) is 48.9 Å². The summed E-state index contributed by atoms with van der Waals surface area (Å²) >= 11 is 0. The second kappa shape index (κ2) is 6.31. The van der Waals surface area contributed by atoms with Crippen LogP contribution in [0.1, 0.15) is 48.4 Å². The molecule has 1 amide bonds. The Hall–Kier alpha value is -2.69. The first-order valence-electron chi connectivity index (χ1n) is 8.61. The van der Waals surface area contributed by atoms with Gasteiger partial charge < -0.3 is 10.3 Å². The van der Waals surface area contributed by atoms with Crippen molar-refractivity contribution in [1.29, 1.82) is 0 Å². The van der Waals surface area contributed by atoms with E-state index >= 15 is 0 Å². The van der Waals surface area contributed by atoms with Crippen LogP contribution in [0.25, 0.3) is 5.57 Å². The van der Waals surface area contributed by atoms with E-state index in [1.54, 1.807) is 12.1 Å². The molecule has 4 rings (SSSR count). The number of hydrogen-bond donors (Lipinski definition) is 2. The molecule has 2 heterocycles. The summed E-state index contributed by atoms with van der Waals surface area (Å²) in [6, 6.07) is 9.87. The molecule has 2 fully saturated rings. The smallest absolute Gasteiger partial charge is 0.251 e. The Kier molecular flexibility index (Phi) is 3.99. The van der Waals surface area contributed by atoms with Crippen molar-refractivity contribution in [2.75, 3.05) is 0 Å². The highest BCUT2D eigenvalue weighted by Crippen LogP contribution is 2.38. The number of carbonyl (C=O) groups excluding carboxylic acids is 1. The molecule has 2 aromatic rings. The molecule has 1 atom stereocenters. The summed E-state index contributed by atoms with van der Waals surface area (Å²) in [5.74, 6) is 0.0947. The summed E-state index contributed by atoms with van der Waals surface area (Å²) < 4.78 is 13.3. The quantitative estimate of drug-likeness (QED) is 0.900. The van der Waals surface area contributed by atoms with E-state index in [0.29, 0.717) is 24.5 Å². The van der Waals surface area contributed by atoms with Gasteiger partial charge in [-0.2, -0.15) is 0 Å². The van der Waals surface area contributed by atoms with Crippen LogP contribution in [0.4, 0.5) is 4.39 Å². The van der Waals surface area contributed by atoms with Crippen molar-refractivity contribution in [3.05, 3.63) is 75.5 Å². The first-order valence-corrected chi connectivity index (χ1v) is 8.61. The molecule has 0 radical (unpaired) electrons. The molecule has 128 valence electrons. The number of rotatable bonds is 4. The van der Waals surface area contributed by atoms with Crippen molar-refractivity contribution in [2.45, 2.75) is 37.6 Å². The molecule has 4 nitrogen and oxygen atoms in total. The van der Waals surface area contributed by atoms with Crippen LogP contribution in [-0.2, 0) is 4.79 Å². The maximum Gasteiger partial charge on any atom is 0.251 e. The average molecular weight is 338 g/mol. The van der Waals surface area contributed by atoms with Gasteiger partial charge in [-0.15, -0.1) is 0 Å². The molecule has 0 spiro atoms. The fraction of sp³-hybridized carbons (Fsp3) is 0.300. The Morgan fingerprint density at radius 1 is 1.04 bits per heavy atom. The van der Waals surface area contributed by atoms with Gasteiger partial charge in [-0.1, -0.05) is 24.3 Å². The van der Waals surface area contributed by atoms with Crippen LogP contribution in [0.3, 0.4) is 0 Å². The zero-order valence-electron chi connectivity index (χ0n) is 13.7. The number of benzene rings is 1. The van der Waals surface area contributed by atoms with E-state index in [0.717, 1.165) is 29.5 Å². The van der Waals surface area contributed by atoms with Crippen LogP contribution in [0, 0.1) is 5.82 Å². The molecule has 1 saturated heterocycles. The molecule has 1 aromatic carbocycles. The summed E-state index contributed by atoms with van der Waals surface area (Å²) in [6.45, 7) is 0. The Morgan fingerprint density at radius 3 is 2.40 bits per heavy atom. The van der Waals surface area contributed by atoms with Crippen LogP contribution in [0.2, 0.25) is 0 Å². The maximum atomic E-state index is 13.3. The first-order chi connectivity index (χ1) is 12.1. The third-order valence-corrected chi connectivity index (χ3v) is 4.80. The summed E-state index contributed by atoms with van der Waals surface area (Å²) in [5, 5.41) is 2.91. The van der Waals surface area contributed by atoms with Gasteiger partial charge >= 0.3 is 0 Å². The Labute approximate surface area is 144 Å². The van der Waals surface area contributed by atoms with E-state index in [1.165, 1.54) is 12.1 Å². The molecule has 1 aromatic heterocycles. The minimum absolute atomic E-state index is 0.0253. The molecule has 2 N–H and O–H groups in total. The topological polar surface area (TPSA) is 62.0 Å². The van der Waals surface area contributed by atoms with Gasteiger partial charge in [0.05, 0.1) is 0 Å². The lowest BCUT2D eigenvalue weighted by Gasteiger charge is -2.13. The lowest BCUT2D eigenvalue weighted by molar-refractivity contribution is -0.119. The molecule has 1 aliphatic heterocycles. The van der Waals surface area contributed by atoms with Gasteiger partial charge in [0.25, 0.3) is 5.56 Å². The highest BCUT2D eigenvalue weighted by Gasteiger charge is 2.26. The third-order valence-electron chi connectivity index (χ3n) is 4.80. The first kappa shape index (κ1) is 15.8. The number of nitrogens with one attached hydrogen (secondary N) is 2. The van der Waals surface area contributed by atoms with Crippen molar-refractivity contribution in [3.63, 3.8) is 0 Å². The molecule has 1 aliphatic carbocycles. The van der Waals surface area contributed by atoms with Crippen molar-refractivity contribution in [3.8, 4) is 0 Å². The van der Waals surface area contributed by atoms with E-state index in [1.807, 2.05) is 18.2 Å². The predicted molar refractivity (Wildman–Crippen MR) is 93.7 cm³/mol. The van der Waals surface area contributed by atoms with Crippen LogP contribution in [0.5, 0.6) is 0 Å². The van der Waals surface area contributed by atoms with Crippen molar-refractivity contribution >= 4 is 11.5 Å². The number of halogens is 1. The molecule has 5 heteroatoms. The van der Waals surface area contributed by atoms with Crippen molar-refractivity contribution in [1.82, 2.24) is 10.3 Å². The lowest BCUT2D eigenvalue weighted by Crippen LogP contribution is -2.23. The molecular weight excluding hydrogens is 319 g/mol. The largest absolute Gasteiger partial charge is 0.350 e. The predicted octanol–water partition coefficient (Wildman–Crippen LogP) is 3.10. The van der Waals surface area contributed by atoms with E-state index in [2.05, 4.69) is 10.3 Å². The van der Waals surface area contributed by atoms with Crippen molar-refractivity contribution in [2.24, 2.45) is 0 Å². The van der Waals surface area contributed by atoms with Crippen LogP contribution < -0.4 is 10.9 Å². The number of H-pyrrole nitrogens is 1. The van der Waals surface area contributed by atoms with Gasteiger partial charge in [0.2, 0.25) is 5.91 Å². The van der Waals surface area contributed by atoms with E-state index in [-0.39, 0.29) is 23.3 Å². The number of aromatic nitrogens is 1. The summed E-state index contributed by atoms with van der Waals surface area (Å²) in [5.41, 5.74) is 3.05. The third kappa shape index (κ3) is 3.40. The minimum atomic E-state index is -0.310. The summed E-state index contributed by atoms with van der Waals surface area (Å²) in [4.78, 5) is 26.8. The highest BCUT2D eigenvalue weighted by molar-refractivity contribution is 5.82.